The van der Waals surface area contributed by atoms with Crippen molar-refractivity contribution in [1.29, 1.82) is 0 Å². The fourth-order valence-corrected chi connectivity index (χ4v) is 2.59. The van der Waals surface area contributed by atoms with Gasteiger partial charge in [-0.2, -0.15) is 0 Å². The van der Waals surface area contributed by atoms with Gasteiger partial charge in [0.1, 0.15) is 5.82 Å². The zero-order valence-electron chi connectivity index (χ0n) is 12.5. The Kier molecular flexibility index (Phi) is 4.32. The lowest BCUT2D eigenvalue weighted by Gasteiger charge is -2.34. The molecule has 5 nitrogen and oxygen atoms in total. The van der Waals surface area contributed by atoms with Gasteiger partial charge in [0.15, 0.2) is 0 Å². The summed E-state index contributed by atoms with van der Waals surface area (Å²) in [6.07, 6.45) is 3.15. The monoisotopic (exact) mass is 313 g/mol. The molecule has 0 atom stereocenters. The van der Waals surface area contributed by atoms with E-state index in [-0.39, 0.29) is 11.8 Å². The van der Waals surface area contributed by atoms with Gasteiger partial charge in [0.05, 0.1) is 5.56 Å². The molecule has 0 radical (unpaired) electrons. The second-order valence-corrected chi connectivity index (χ2v) is 5.34. The minimum absolute atomic E-state index is 0.0871. The topological polar surface area (TPSA) is 53.5 Å². The van der Waals surface area contributed by atoms with E-state index in [9.17, 15) is 14.0 Å². The summed E-state index contributed by atoms with van der Waals surface area (Å²) in [4.78, 5) is 32.0. The summed E-state index contributed by atoms with van der Waals surface area (Å²) in [5, 5.41) is 0. The number of hydrogen-bond acceptors (Lipinski definition) is 3. The Bertz CT molecular complexity index is 713. The maximum atomic E-state index is 13.2. The lowest BCUT2D eigenvalue weighted by molar-refractivity contribution is 0.0535. The molecule has 3 rings (SSSR count). The largest absolute Gasteiger partial charge is 0.335 e. The summed E-state index contributed by atoms with van der Waals surface area (Å²) in [6, 6.07) is 9.09. The highest BCUT2D eigenvalue weighted by Gasteiger charge is 2.25. The number of hydrogen-bond donors (Lipinski definition) is 0. The van der Waals surface area contributed by atoms with Crippen LogP contribution in [0.5, 0.6) is 0 Å². The molecule has 1 fully saturated rings. The molecule has 0 unspecified atom stereocenters. The van der Waals surface area contributed by atoms with Crippen molar-refractivity contribution in [3.63, 3.8) is 0 Å². The van der Waals surface area contributed by atoms with Gasteiger partial charge in [-0.25, -0.2) is 4.39 Å². The number of pyridine rings is 1. The smallest absolute Gasteiger partial charge is 0.255 e. The van der Waals surface area contributed by atoms with Crippen molar-refractivity contribution in [1.82, 2.24) is 14.8 Å². The molecule has 1 aromatic heterocycles. The summed E-state index contributed by atoms with van der Waals surface area (Å²) in [5.41, 5.74) is 0.870. The van der Waals surface area contributed by atoms with E-state index in [4.69, 9.17) is 0 Å². The molecule has 2 amide bonds. The van der Waals surface area contributed by atoms with Crippen molar-refractivity contribution in [2.24, 2.45) is 0 Å². The predicted molar refractivity (Wildman–Crippen MR) is 82.4 cm³/mol. The third-order valence-corrected chi connectivity index (χ3v) is 3.83. The average molecular weight is 313 g/mol. The van der Waals surface area contributed by atoms with Gasteiger partial charge in [-0.05, 0) is 30.3 Å². The zero-order valence-corrected chi connectivity index (χ0v) is 12.5. The van der Waals surface area contributed by atoms with Crippen LogP contribution in [0.1, 0.15) is 20.7 Å². The molecular formula is C17H16FN3O2. The maximum Gasteiger partial charge on any atom is 0.255 e. The van der Waals surface area contributed by atoms with Crippen LogP contribution in [0.25, 0.3) is 0 Å². The van der Waals surface area contributed by atoms with E-state index in [2.05, 4.69) is 4.98 Å². The van der Waals surface area contributed by atoms with Crippen molar-refractivity contribution in [3.05, 3.63) is 65.7 Å². The number of benzene rings is 1. The van der Waals surface area contributed by atoms with E-state index in [0.717, 1.165) is 0 Å². The van der Waals surface area contributed by atoms with Crippen molar-refractivity contribution in [2.75, 3.05) is 26.2 Å². The van der Waals surface area contributed by atoms with Crippen molar-refractivity contribution >= 4 is 11.8 Å². The molecule has 1 aliphatic heterocycles. The van der Waals surface area contributed by atoms with E-state index in [1.54, 1.807) is 34.2 Å². The van der Waals surface area contributed by atoms with E-state index in [0.29, 0.717) is 37.3 Å². The van der Waals surface area contributed by atoms with Crippen LogP contribution in [0.15, 0.2) is 48.8 Å². The van der Waals surface area contributed by atoms with Gasteiger partial charge in [-0.3, -0.25) is 14.6 Å². The predicted octanol–water partition coefficient (Wildman–Crippen LogP) is 1.82. The molecule has 1 saturated heterocycles. The summed E-state index contributed by atoms with van der Waals surface area (Å²) in [7, 11) is 0. The summed E-state index contributed by atoms with van der Waals surface area (Å²) >= 11 is 0. The van der Waals surface area contributed by atoms with Crippen LogP contribution in [-0.4, -0.2) is 52.8 Å². The first-order valence-corrected chi connectivity index (χ1v) is 7.39. The van der Waals surface area contributed by atoms with Crippen LogP contribution >= 0.6 is 0 Å². The van der Waals surface area contributed by atoms with Gasteiger partial charge in [-0.15, -0.1) is 0 Å². The second kappa shape index (κ2) is 6.56. The molecule has 118 valence electrons. The van der Waals surface area contributed by atoms with Gasteiger partial charge in [-0.1, -0.05) is 6.07 Å². The van der Waals surface area contributed by atoms with E-state index in [1.807, 2.05) is 0 Å². The SMILES string of the molecule is O=C(c1cccnc1)N1CCN(C(=O)c2cccc(F)c2)CC1. The minimum atomic E-state index is -0.429. The second-order valence-electron chi connectivity index (χ2n) is 5.34. The fraction of sp³-hybridized carbons (Fsp3) is 0.235. The van der Waals surface area contributed by atoms with Gasteiger partial charge < -0.3 is 9.80 Å². The van der Waals surface area contributed by atoms with Crippen molar-refractivity contribution in [2.45, 2.75) is 0 Å². The van der Waals surface area contributed by atoms with Crippen LogP contribution in [0.3, 0.4) is 0 Å². The van der Waals surface area contributed by atoms with Gasteiger partial charge >= 0.3 is 0 Å². The van der Waals surface area contributed by atoms with Gasteiger partial charge in [0.2, 0.25) is 0 Å². The highest BCUT2D eigenvalue weighted by atomic mass is 19.1. The first-order valence-electron chi connectivity index (χ1n) is 7.39. The Hall–Kier alpha value is -2.76. The number of amides is 2. The number of carbonyl (C=O) groups is 2. The highest BCUT2D eigenvalue weighted by molar-refractivity contribution is 5.95. The Labute approximate surface area is 133 Å². The molecule has 0 bridgehead atoms. The molecule has 1 aliphatic rings. The average Bonchev–Trinajstić information content (AvgIpc) is 2.61. The quantitative estimate of drug-likeness (QED) is 0.850. The Morgan fingerprint density at radius 1 is 0.913 bits per heavy atom. The maximum absolute atomic E-state index is 13.2. The molecule has 0 spiro atoms. The summed E-state index contributed by atoms with van der Waals surface area (Å²) in [5.74, 6) is -0.727. The van der Waals surface area contributed by atoms with Gasteiger partial charge in [0, 0.05) is 44.1 Å². The normalized spacial score (nSPS) is 14.7. The first kappa shape index (κ1) is 15.1. The first-order chi connectivity index (χ1) is 11.1. The van der Waals surface area contributed by atoms with Crippen LogP contribution in [0, 0.1) is 5.82 Å². The van der Waals surface area contributed by atoms with Crippen LogP contribution in [0.4, 0.5) is 4.39 Å². The zero-order chi connectivity index (χ0) is 16.2. The Morgan fingerprint density at radius 3 is 2.09 bits per heavy atom. The number of rotatable bonds is 2. The summed E-state index contributed by atoms with van der Waals surface area (Å²) in [6.45, 7) is 1.77. The highest BCUT2D eigenvalue weighted by Crippen LogP contribution is 2.12. The fourth-order valence-electron chi connectivity index (χ4n) is 2.59. The third kappa shape index (κ3) is 3.36. The molecule has 0 N–H and O–H groups in total. The molecule has 0 saturated carbocycles. The lowest BCUT2D eigenvalue weighted by atomic mass is 10.1. The molecule has 1 aromatic carbocycles. The molecule has 2 heterocycles. The third-order valence-electron chi connectivity index (χ3n) is 3.83. The molecule has 6 heteroatoms. The number of halogens is 1. The molecule has 2 aromatic rings. The standard InChI is InChI=1S/C17H16FN3O2/c18-15-5-1-3-13(11-15)16(22)20-7-9-21(10-8-20)17(23)14-4-2-6-19-12-14/h1-6,11-12H,7-10H2. The van der Waals surface area contributed by atoms with E-state index >= 15 is 0 Å². The molecule has 23 heavy (non-hydrogen) atoms. The van der Waals surface area contributed by atoms with Crippen LogP contribution in [-0.2, 0) is 0 Å². The Balaban J connectivity index is 1.62. The minimum Gasteiger partial charge on any atom is -0.335 e. The number of aromatic nitrogens is 1. The summed E-state index contributed by atoms with van der Waals surface area (Å²) < 4.78 is 13.2. The molecule has 0 aliphatic carbocycles. The lowest BCUT2D eigenvalue weighted by Crippen LogP contribution is -2.50. The van der Waals surface area contributed by atoms with Gasteiger partial charge in [0.25, 0.3) is 11.8 Å². The number of piperazine rings is 1. The number of carbonyl (C=O) groups excluding carboxylic acids is 2. The number of nitrogens with zero attached hydrogens (tertiary/aromatic N) is 3. The Morgan fingerprint density at radius 2 is 1.52 bits per heavy atom. The van der Waals surface area contributed by atoms with E-state index < -0.39 is 5.82 Å². The van der Waals surface area contributed by atoms with Crippen molar-refractivity contribution < 1.29 is 14.0 Å². The van der Waals surface area contributed by atoms with Crippen molar-refractivity contribution in [3.8, 4) is 0 Å². The van der Waals surface area contributed by atoms with E-state index in [1.165, 1.54) is 24.4 Å². The van der Waals surface area contributed by atoms with Crippen LogP contribution in [0.2, 0.25) is 0 Å². The molecular weight excluding hydrogens is 297 g/mol. The van der Waals surface area contributed by atoms with Crippen LogP contribution < -0.4 is 0 Å².